The van der Waals surface area contributed by atoms with Crippen LogP contribution in [0, 0.1) is 5.92 Å². The van der Waals surface area contributed by atoms with E-state index in [1.165, 1.54) is 18.4 Å². The summed E-state index contributed by atoms with van der Waals surface area (Å²) in [5, 5.41) is 1.08. The molecule has 3 aromatic rings. The minimum absolute atomic E-state index is 0. The molecule has 4 rings (SSSR count). The molecular formula is C25H29ClN2O. The molecule has 1 saturated heterocycles. The van der Waals surface area contributed by atoms with Crippen molar-refractivity contribution in [3.8, 4) is 0 Å². The molecule has 152 valence electrons. The smallest absolute Gasteiger partial charge is 0.165 e. The van der Waals surface area contributed by atoms with E-state index in [0.717, 1.165) is 36.0 Å². The minimum atomic E-state index is 0. The van der Waals surface area contributed by atoms with Crippen molar-refractivity contribution in [3.05, 3.63) is 78.1 Å². The van der Waals surface area contributed by atoms with Gasteiger partial charge in [0.05, 0.1) is 0 Å². The van der Waals surface area contributed by atoms with Gasteiger partial charge >= 0.3 is 0 Å². The highest BCUT2D eigenvalue weighted by Crippen LogP contribution is 2.26. The summed E-state index contributed by atoms with van der Waals surface area (Å²) in [4.78, 5) is 15.2. The van der Waals surface area contributed by atoms with Crippen LogP contribution in [0.4, 0.5) is 0 Å². The SMILES string of the molecule is Cl.Cn1cc(C(=O)CCC2CCN(C=Cc3ccccc3)CC2)c2ccccc21. The molecule has 0 spiro atoms. The molecular weight excluding hydrogens is 380 g/mol. The number of hydrogen-bond donors (Lipinski definition) is 0. The summed E-state index contributed by atoms with van der Waals surface area (Å²) in [6.07, 6.45) is 10.4. The lowest BCUT2D eigenvalue weighted by Gasteiger charge is -2.31. The van der Waals surface area contributed by atoms with E-state index in [0.29, 0.717) is 12.3 Å². The first-order valence-corrected chi connectivity index (χ1v) is 10.3. The summed E-state index contributed by atoms with van der Waals surface area (Å²) in [7, 11) is 2.01. The fourth-order valence-corrected chi connectivity index (χ4v) is 4.18. The van der Waals surface area contributed by atoms with E-state index in [1.807, 2.05) is 31.4 Å². The topological polar surface area (TPSA) is 25.2 Å². The maximum atomic E-state index is 12.8. The number of likely N-dealkylation sites (tertiary alicyclic amines) is 1. The summed E-state index contributed by atoms with van der Waals surface area (Å²) in [5.74, 6) is 0.934. The summed E-state index contributed by atoms with van der Waals surface area (Å²) in [5.41, 5.74) is 3.25. The van der Waals surface area contributed by atoms with Crippen LogP contribution in [0.5, 0.6) is 0 Å². The Morgan fingerprint density at radius 2 is 1.72 bits per heavy atom. The second kappa shape index (κ2) is 9.80. The Balaban J connectivity index is 0.00000240. The van der Waals surface area contributed by atoms with Gasteiger partial charge in [-0.2, -0.15) is 0 Å². The van der Waals surface area contributed by atoms with Crippen LogP contribution in [0.3, 0.4) is 0 Å². The highest BCUT2D eigenvalue weighted by atomic mass is 35.5. The normalized spacial score (nSPS) is 15.0. The van der Waals surface area contributed by atoms with Crippen LogP contribution >= 0.6 is 12.4 Å². The standard InChI is InChI=1S/C25H28N2O.ClH/c1-26-19-23(22-9-5-6-10-24(22)26)25(28)12-11-21-14-17-27(18-15-21)16-13-20-7-3-2-4-8-20;/h2-10,13,16,19,21H,11-12,14-15,17-18H2,1H3;1H. The van der Waals surface area contributed by atoms with Crippen LogP contribution < -0.4 is 0 Å². The van der Waals surface area contributed by atoms with Crippen LogP contribution in [-0.2, 0) is 7.05 Å². The van der Waals surface area contributed by atoms with Crippen molar-refractivity contribution in [2.75, 3.05) is 13.1 Å². The Morgan fingerprint density at radius 3 is 2.48 bits per heavy atom. The van der Waals surface area contributed by atoms with Crippen molar-refractivity contribution in [1.29, 1.82) is 0 Å². The van der Waals surface area contributed by atoms with Gasteiger partial charge in [-0.25, -0.2) is 0 Å². The average molecular weight is 409 g/mol. The van der Waals surface area contributed by atoms with Crippen molar-refractivity contribution in [2.45, 2.75) is 25.7 Å². The molecule has 1 aliphatic heterocycles. The van der Waals surface area contributed by atoms with E-state index in [9.17, 15) is 4.79 Å². The lowest BCUT2D eigenvalue weighted by molar-refractivity contribution is 0.0968. The summed E-state index contributed by atoms with van der Waals surface area (Å²) in [6, 6.07) is 18.6. The number of nitrogens with zero attached hydrogens (tertiary/aromatic N) is 2. The van der Waals surface area contributed by atoms with E-state index in [4.69, 9.17) is 0 Å². The number of benzene rings is 2. The molecule has 0 aliphatic carbocycles. The highest BCUT2D eigenvalue weighted by molar-refractivity contribution is 6.08. The van der Waals surface area contributed by atoms with Gasteiger partial charge in [-0.05, 0) is 49.1 Å². The van der Waals surface area contributed by atoms with Gasteiger partial charge in [0, 0.05) is 49.2 Å². The molecule has 0 N–H and O–H groups in total. The minimum Gasteiger partial charge on any atom is -0.377 e. The fourth-order valence-electron chi connectivity index (χ4n) is 4.18. The van der Waals surface area contributed by atoms with E-state index >= 15 is 0 Å². The molecule has 0 amide bonds. The highest BCUT2D eigenvalue weighted by Gasteiger charge is 2.20. The third-order valence-electron chi connectivity index (χ3n) is 5.90. The maximum absolute atomic E-state index is 12.8. The fraction of sp³-hybridized carbons (Fsp3) is 0.320. The van der Waals surface area contributed by atoms with Gasteiger partial charge in [0.1, 0.15) is 0 Å². The Hall–Kier alpha value is -2.52. The first-order chi connectivity index (χ1) is 13.7. The number of piperidine rings is 1. The second-order valence-electron chi connectivity index (χ2n) is 7.84. The van der Waals surface area contributed by atoms with Crippen LogP contribution in [0.15, 0.2) is 67.0 Å². The van der Waals surface area contributed by atoms with E-state index < -0.39 is 0 Å². The van der Waals surface area contributed by atoms with Gasteiger partial charge in [0.25, 0.3) is 0 Å². The molecule has 4 heteroatoms. The number of Topliss-reactive ketones (excluding diaryl/α,β-unsaturated/α-hetero) is 1. The quantitative estimate of drug-likeness (QED) is 0.471. The van der Waals surface area contributed by atoms with Crippen molar-refractivity contribution >= 4 is 35.2 Å². The van der Waals surface area contributed by atoms with Crippen molar-refractivity contribution < 1.29 is 4.79 Å². The zero-order chi connectivity index (χ0) is 19.3. The predicted octanol–water partition coefficient (Wildman–Crippen LogP) is 5.95. The number of aryl methyl sites for hydroxylation is 1. The molecule has 2 aromatic carbocycles. The predicted molar refractivity (Wildman–Crippen MR) is 124 cm³/mol. The molecule has 0 atom stereocenters. The number of ketones is 1. The lowest BCUT2D eigenvalue weighted by atomic mass is 9.90. The molecule has 1 aromatic heterocycles. The van der Waals surface area contributed by atoms with Gasteiger partial charge in [0.2, 0.25) is 0 Å². The Morgan fingerprint density at radius 1 is 1.03 bits per heavy atom. The lowest BCUT2D eigenvalue weighted by Crippen LogP contribution is -2.29. The van der Waals surface area contributed by atoms with Gasteiger partial charge in [-0.1, -0.05) is 48.5 Å². The largest absolute Gasteiger partial charge is 0.377 e. The van der Waals surface area contributed by atoms with Gasteiger partial charge in [0.15, 0.2) is 5.78 Å². The summed E-state index contributed by atoms with van der Waals surface area (Å²) < 4.78 is 2.06. The van der Waals surface area contributed by atoms with Crippen molar-refractivity contribution in [3.63, 3.8) is 0 Å². The number of fused-ring (bicyclic) bond motifs is 1. The van der Waals surface area contributed by atoms with Crippen LogP contribution in [-0.4, -0.2) is 28.3 Å². The third kappa shape index (κ3) is 5.10. The molecule has 0 unspecified atom stereocenters. The number of carbonyl (C=O) groups is 1. The molecule has 0 bridgehead atoms. The number of halogens is 1. The molecule has 2 heterocycles. The number of carbonyl (C=O) groups excluding carboxylic acids is 1. The zero-order valence-electron chi connectivity index (χ0n) is 17.0. The van der Waals surface area contributed by atoms with Crippen LogP contribution in [0.1, 0.15) is 41.6 Å². The number of aromatic nitrogens is 1. The monoisotopic (exact) mass is 408 g/mol. The Bertz CT molecular complexity index is 969. The first kappa shape index (κ1) is 21.2. The van der Waals surface area contributed by atoms with Crippen molar-refractivity contribution in [1.82, 2.24) is 9.47 Å². The molecule has 0 saturated carbocycles. The van der Waals surface area contributed by atoms with Gasteiger partial charge < -0.3 is 9.47 Å². The summed E-state index contributed by atoms with van der Waals surface area (Å²) >= 11 is 0. The van der Waals surface area contributed by atoms with E-state index in [1.54, 1.807) is 0 Å². The van der Waals surface area contributed by atoms with Crippen molar-refractivity contribution in [2.24, 2.45) is 13.0 Å². The molecule has 0 radical (unpaired) electrons. The zero-order valence-corrected chi connectivity index (χ0v) is 17.8. The maximum Gasteiger partial charge on any atom is 0.165 e. The second-order valence-corrected chi connectivity index (χ2v) is 7.84. The first-order valence-electron chi connectivity index (χ1n) is 10.3. The Kier molecular flexibility index (Phi) is 7.16. The number of rotatable bonds is 6. The number of hydrogen-bond acceptors (Lipinski definition) is 2. The van der Waals surface area contributed by atoms with Gasteiger partial charge in [-0.3, -0.25) is 4.79 Å². The molecule has 1 aliphatic rings. The molecule has 3 nitrogen and oxygen atoms in total. The number of para-hydroxylation sites is 1. The third-order valence-corrected chi connectivity index (χ3v) is 5.90. The average Bonchev–Trinajstić information content (AvgIpc) is 3.09. The van der Waals surface area contributed by atoms with Gasteiger partial charge in [-0.15, -0.1) is 12.4 Å². The summed E-state index contributed by atoms with van der Waals surface area (Å²) in [6.45, 7) is 2.16. The Labute approximate surface area is 179 Å². The van der Waals surface area contributed by atoms with Crippen LogP contribution in [0.2, 0.25) is 0 Å². The molecule has 29 heavy (non-hydrogen) atoms. The van der Waals surface area contributed by atoms with Crippen LogP contribution in [0.25, 0.3) is 17.0 Å². The molecule has 1 fully saturated rings. The van der Waals surface area contributed by atoms with E-state index in [2.05, 4.69) is 58.1 Å². The van der Waals surface area contributed by atoms with E-state index in [-0.39, 0.29) is 18.2 Å².